The van der Waals surface area contributed by atoms with Crippen molar-refractivity contribution in [3.8, 4) is 0 Å². The number of benzene rings is 1. The van der Waals surface area contributed by atoms with Gasteiger partial charge in [-0.2, -0.15) is 0 Å². The lowest BCUT2D eigenvalue weighted by molar-refractivity contribution is -0.120. The fraction of sp³-hybridized carbons (Fsp3) is 0.412. The Morgan fingerprint density at radius 1 is 1.42 bits per heavy atom. The normalized spacial score (nSPS) is 14.9. The monoisotopic (exact) mass is 385 g/mol. The number of hydrogen-bond acceptors (Lipinski definition) is 4. The van der Waals surface area contributed by atoms with Crippen LogP contribution in [0, 0.1) is 12.8 Å². The fourth-order valence-electron chi connectivity index (χ4n) is 2.78. The van der Waals surface area contributed by atoms with Crippen molar-refractivity contribution in [1.29, 1.82) is 0 Å². The first kappa shape index (κ1) is 19.2. The summed E-state index contributed by atoms with van der Waals surface area (Å²) in [6, 6.07) is 5.92. The smallest absolute Gasteiger partial charge is 0.229 e. The minimum absolute atomic E-state index is 0. The molecule has 1 saturated heterocycles. The van der Waals surface area contributed by atoms with E-state index in [1.807, 2.05) is 24.4 Å². The molecule has 1 fully saturated rings. The van der Waals surface area contributed by atoms with Crippen molar-refractivity contribution in [2.45, 2.75) is 26.2 Å². The van der Waals surface area contributed by atoms with E-state index in [0.717, 1.165) is 42.3 Å². The molecule has 24 heavy (non-hydrogen) atoms. The highest BCUT2D eigenvalue weighted by Crippen LogP contribution is 2.25. The molecule has 1 aromatic carbocycles. The zero-order valence-electron chi connectivity index (χ0n) is 13.5. The summed E-state index contributed by atoms with van der Waals surface area (Å²) in [6.07, 6.45) is 4.45. The second-order valence-electron chi connectivity index (χ2n) is 5.89. The number of piperidine rings is 1. The molecule has 0 saturated carbocycles. The number of halogens is 2. The van der Waals surface area contributed by atoms with Crippen molar-refractivity contribution < 1.29 is 4.79 Å². The van der Waals surface area contributed by atoms with Crippen molar-refractivity contribution >= 4 is 46.4 Å². The van der Waals surface area contributed by atoms with Crippen molar-refractivity contribution in [1.82, 2.24) is 10.3 Å². The zero-order chi connectivity index (χ0) is 16.2. The van der Waals surface area contributed by atoms with Crippen LogP contribution in [0.2, 0.25) is 5.02 Å². The second-order valence-corrected chi connectivity index (χ2v) is 7.44. The lowest BCUT2D eigenvalue weighted by atomic mass is 9.97. The Hall–Kier alpha value is -1.14. The Labute approximate surface area is 157 Å². The van der Waals surface area contributed by atoms with Gasteiger partial charge in [-0.05, 0) is 56.1 Å². The lowest BCUT2D eigenvalue weighted by Gasteiger charge is -2.20. The van der Waals surface area contributed by atoms with Crippen LogP contribution in [0.15, 0.2) is 24.4 Å². The van der Waals surface area contributed by atoms with Gasteiger partial charge in [0.2, 0.25) is 5.91 Å². The minimum atomic E-state index is 0. The number of hydrogen-bond donors (Lipinski definition) is 2. The van der Waals surface area contributed by atoms with E-state index in [0.29, 0.717) is 5.13 Å². The Morgan fingerprint density at radius 2 is 2.17 bits per heavy atom. The first-order valence-electron chi connectivity index (χ1n) is 7.83. The van der Waals surface area contributed by atoms with Crippen LogP contribution in [-0.4, -0.2) is 24.0 Å². The highest BCUT2D eigenvalue weighted by molar-refractivity contribution is 7.15. The molecular weight excluding hydrogens is 365 g/mol. The van der Waals surface area contributed by atoms with Crippen molar-refractivity contribution in [2.24, 2.45) is 5.92 Å². The van der Waals surface area contributed by atoms with E-state index in [1.165, 1.54) is 11.1 Å². The number of nitrogens with zero attached hydrogens (tertiary/aromatic N) is 1. The third kappa shape index (κ3) is 4.93. The van der Waals surface area contributed by atoms with Gasteiger partial charge in [-0.25, -0.2) is 4.98 Å². The Balaban J connectivity index is 0.00000208. The summed E-state index contributed by atoms with van der Waals surface area (Å²) in [5, 5.41) is 7.68. The van der Waals surface area contributed by atoms with Crippen LogP contribution < -0.4 is 10.6 Å². The van der Waals surface area contributed by atoms with E-state index in [1.54, 1.807) is 11.3 Å². The molecule has 2 heterocycles. The van der Waals surface area contributed by atoms with Crippen molar-refractivity contribution in [3.05, 3.63) is 45.4 Å². The maximum absolute atomic E-state index is 12.2. The topological polar surface area (TPSA) is 54.0 Å². The summed E-state index contributed by atoms with van der Waals surface area (Å²) in [5.74, 6) is 0.192. The predicted octanol–water partition coefficient (Wildman–Crippen LogP) is 4.06. The highest BCUT2D eigenvalue weighted by Gasteiger charge is 2.21. The molecule has 0 atom stereocenters. The summed E-state index contributed by atoms with van der Waals surface area (Å²) in [5.41, 5.74) is 2.40. The summed E-state index contributed by atoms with van der Waals surface area (Å²) in [4.78, 5) is 17.7. The maximum Gasteiger partial charge on any atom is 0.229 e. The van der Waals surface area contributed by atoms with Crippen LogP contribution in [-0.2, 0) is 11.2 Å². The van der Waals surface area contributed by atoms with Crippen LogP contribution in [0.1, 0.15) is 28.8 Å². The van der Waals surface area contributed by atoms with Gasteiger partial charge in [0, 0.05) is 28.4 Å². The van der Waals surface area contributed by atoms with Gasteiger partial charge in [0.25, 0.3) is 0 Å². The van der Waals surface area contributed by atoms with Gasteiger partial charge in [-0.15, -0.1) is 23.7 Å². The van der Waals surface area contributed by atoms with Crippen LogP contribution in [0.25, 0.3) is 0 Å². The molecule has 1 aliphatic rings. The summed E-state index contributed by atoms with van der Waals surface area (Å²) in [7, 11) is 0. The Bertz CT molecular complexity index is 699. The van der Waals surface area contributed by atoms with Crippen LogP contribution in [0.5, 0.6) is 0 Å². The fourth-order valence-corrected chi connectivity index (χ4v) is 3.85. The number of amides is 1. The maximum atomic E-state index is 12.2. The molecule has 0 spiro atoms. The molecule has 2 aromatic rings. The standard InChI is InChI=1S/C17H20ClN3OS.ClH/c1-11-8-14(18)3-2-13(11)9-15-10-20-17(23-15)21-16(22)12-4-6-19-7-5-12;/h2-3,8,10,12,19H,4-7,9H2,1H3,(H,20,21,22);1H. The first-order valence-corrected chi connectivity index (χ1v) is 9.02. The molecule has 0 aliphatic carbocycles. The van der Waals surface area contributed by atoms with Gasteiger partial charge in [-0.3, -0.25) is 4.79 Å². The van der Waals surface area contributed by atoms with Crippen molar-refractivity contribution in [2.75, 3.05) is 18.4 Å². The molecule has 1 amide bonds. The minimum Gasteiger partial charge on any atom is -0.317 e. The van der Waals surface area contributed by atoms with Gasteiger partial charge in [-0.1, -0.05) is 17.7 Å². The van der Waals surface area contributed by atoms with Gasteiger partial charge in [0.1, 0.15) is 0 Å². The lowest BCUT2D eigenvalue weighted by Crippen LogP contribution is -2.34. The molecule has 0 radical (unpaired) electrons. The number of aryl methyl sites for hydroxylation is 1. The average molecular weight is 386 g/mol. The molecule has 1 aromatic heterocycles. The molecule has 2 N–H and O–H groups in total. The quantitative estimate of drug-likeness (QED) is 0.834. The summed E-state index contributed by atoms with van der Waals surface area (Å²) < 4.78 is 0. The number of nitrogens with one attached hydrogen (secondary N) is 2. The van der Waals surface area contributed by atoms with Crippen LogP contribution in [0.4, 0.5) is 5.13 Å². The van der Waals surface area contributed by atoms with E-state index < -0.39 is 0 Å². The molecule has 3 rings (SSSR count). The molecule has 130 valence electrons. The van der Waals surface area contributed by atoms with E-state index in [-0.39, 0.29) is 24.2 Å². The SMILES string of the molecule is Cc1cc(Cl)ccc1Cc1cnc(NC(=O)C2CCNCC2)s1.Cl. The number of carbonyl (C=O) groups excluding carboxylic acids is 1. The number of thiazole rings is 1. The second kappa shape index (κ2) is 8.81. The molecule has 0 unspecified atom stereocenters. The van der Waals surface area contributed by atoms with Crippen LogP contribution >= 0.6 is 35.3 Å². The van der Waals surface area contributed by atoms with E-state index >= 15 is 0 Å². The number of carbonyl (C=O) groups is 1. The number of aromatic nitrogens is 1. The van der Waals surface area contributed by atoms with Gasteiger partial charge >= 0.3 is 0 Å². The number of rotatable bonds is 4. The van der Waals surface area contributed by atoms with Crippen LogP contribution in [0.3, 0.4) is 0 Å². The van der Waals surface area contributed by atoms with E-state index in [9.17, 15) is 4.79 Å². The predicted molar refractivity (Wildman–Crippen MR) is 103 cm³/mol. The van der Waals surface area contributed by atoms with Gasteiger partial charge in [0.15, 0.2) is 5.13 Å². The molecular formula is C17H21Cl2N3OS. The van der Waals surface area contributed by atoms with Gasteiger partial charge in [0.05, 0.1) is 0 Å². The Morgan fingerprint density at radius 3 is 2.88 bits per heavy atom. The molecule has 0 bridgehead atoms. The van der Waals surface area contributed by atoms with Gasteiger partial charge < -0.3 is 10.6 Å². The highest BCUT2D eigenvalue weighted by atomic mass is 35.5. The van der Waals surface area contributed by atoms with E-state index in [2.05, 4.69) is 22.5 Å². The third-order valence-electron chi connectivity index (χ3n) is 4.16. The molecule has 7 heteroatoms. The zero-order valence-corrected chi connectivity index (χ0v) is 15.9. The Kier molecular flexibility index (Phi) is 7.04. The summed E-state index contributed by atoms with van der Waals surface area (Å²) in [6.45, 7) is 3.89. The summed E-state index contributed by atoms with van der Waals surface area (Å²) >= 11 is 7.53. The van der Waals surface area contributed by atoms with E-state index in [4.69, 9.17) is 11.6 Å². The first-order chi connectivity index (χ1) is 11.1. The number of anilines is 1. The average Bonchev–Trinajstić information content (AvgIpc) is 2.98. The largest absolute Gasteiger partial charge is 0.317 e. The third-order valence-corrected chi connectivity index (χ3v) is 5.31. The molecule has 4 nitrogen and oxygen atoms in total. The van der Waals surface area contributed by atoms with Crippen molar-refractivity contribution in [3.63, 3.8) is 0 Å². The molecule has 1 aliphatic heterocycles.